The van der Waals surface area contributed by atoms with Crippen LogP contribution < -0.4 is 10.6 Å². The van der Waals surface area contributed by atoms with Crippen LogP contribution in [0.15, 0.2) is 12.3 Å². The van der Waals surface area contributed by atoms with Crippen LogP contribution >= 0.6 is 0 Å². The number of carbonyl (C=O) groups excluding carboxylic acids is 1. The van der Waals surface area contributed by atoms with Crippen molar-refractivity contribution >= 4 is 11.8 Å². The van der Waals surface area contributed by atoms with Crippen LogP contribution in [0.25, 0.3) is 0 Å². The van der Waals surface area contributed by atoms with Crippen LogP contribution in [0.5, 0.6) is 0 Å². The lowest BCUT2D eigenvalue weighted by Crippen LogP contribution is -2.37. The van der Waals surface area contributed by atoms with Gasteiger partial charge in [0.2, 0.25) is 0 Å². The first kappa shape index (κ1) is 11.6. The molecule has 1 aromatic heterocycles. The van der Waals surface area contributed by atoms with Crippen LogP contribution in [-0.4, -0.2) is 21.9 Å². The predicted octanol–water partition coefficient (Wildman–Crippen LogP) is 1.73. The smallest absolute Gasteiger partial charge is 0.320 e. The van der Waals surface area contributed by atoms with Gasteiger partial charge in [-0.15, -0.1) is 0 Å². The zero-order valence-electron chi connectivity index (χ0n) is 9.45. The van der Waals surface area contributed by atoms with Gasteiger partial charge in [0.05, 0.1) is 0 Å². The molecular formula is C10H18N4O. The number of nitrogens with zero attached hydrogens (tertiary/aromatic N) is 2. The molecule has 0 aliphatic heterocycles. The number of anilines is 1. The number of rotatable bonds is 4. The van der Waals surface area contributed by atoms with Gasteiger partial charge in [-0.25, -0.2) is 4.79 Å². The topological polar surface area (TPSA) is 59.0 Å². The summed E-state index contributed by atoms with van der Waals surface area (Å²) in [7, 11) is 1.81. The van der Waals surface area contributed by atoms with Crippen molar-refractivity contribution in [1.82, 2.24) is 15.1 Å². The molecule has 0 aromatic carbocycles. The van der Waals surface area contributed by atoms with Crippen molar-refractivity contribution in [3.63, 3.8) is 0 Å². The molecule has 2 amide bonds. The zero-order chi connectivity index (χ0) is 11.3. The van der Waals surface area contributed by atoms with Crippen molar-refractivity contribution in [2.45, 2.75) is 32.7 Å². The van der Waals surface area contributed by atoms with E-state index in [9.17, 15) is 4.79 Å². The molecule has 1 aromatic rings. The van der Waals surface area contributed by atoms with E-state index in [0.29, 0.717) is 5.82 Å². The molecule has 1 heterocycles. The first-order valence-corrected chi connectivity index (χ1v) is 5.22. The average molecular weight is 210 g/mol. The van der Waals surface area contributed by atoms with Crippen molar-refractivity contribution < 1.29 is 4.79 Å². The summed E-state index contributed by atoms with van der Waals surface area (Å²) in [6, 6.07) is 1.79. The molecule has 0 saturated heterocycles. The van der Waals surface area contributed by atoms with E-state index in [2.05, 4.69) is 29.6 Å². The second-order valence-electron chi connectivity index (χ2n) is 3.49. The molecule has 0 radical (unpaired) electrons. The fraction of sp³-hybridized carbons (Fsp3) is 0.600. The fourth-order valence-corrected chi connectivity index (χ4v) is 1.31. The molecule has 0 aliphatic carbocycles. The maximum Gasteiger partial charge on any atom is 0.320 e. The predicted molar refractivity (Wildman–Crippen MR) is 59.7 cm³/mol. The molecule has 0 bridgehead atoms. The summed E-state index contributed by atoms with van der Waals surface area (Å²) in [6.07, 6.45) is 3.66. The second-order valence-corrected chi connectivity index (χ2v) is 3.49. The largest absolute Gasteiger partial charge is 0.335 e. The van der Waals surface area contributed by atoms with Gasteiger partial charge in [-0.1, -0.05) is 13.8 Å². The lowest BCUT2D eigenvalue weighted by Gasteiger charge is -2.14. The Kier molecular flexibility index (Phi) is 4.15. The van der Waals surface area contributed by atoms with Crippen molar-refractivity contribution in [2.75, 3.05) is 5.32 Å². The molecule has 0 unspecified atom stereocenters. The van der Waals surface area contributed by atoms with Crippen LogP contribution in [0.2, 0.25) is 0 Å². The van der Waals surface area contributed by atoms with Crippen molar-refractivity contribution in [2.24, 2.45) is 7.05 Å². The van der Waals surface area contributed by atoms with E-state index < -0.39 is 0 Å². The monoisotopic (exact) mass is 210 g/mol. The quantitative estimate of drug-likeness (QED) is 0.795. The summed E-state index contributed by atoms with van der Waals surface area (Å²) < 4.78 is 1.65. The van der Waals surface area contributed by atoms with Crippen LogP contribution in [0.3, 0.4) is 0 Å². The van der Waals surface area contributed by atoms with E-state index in [-0.39, 0.29) is 12.1 Å². The van der Waals surface area contributed by atoms with E-state index in [1.54, 1.807) is 16.9 Å². The minimum absolute atomic E-state index is 0.192. The lowest BCUT2D eigenvalue weighted by molar-refractivity contribution is 0.247. The summed E-state index contributed by atoms with van der Waals surface area (Å²) in [6.45, 7) is 4.10. The van der Waals surface area contributed by atoms with Crippen LogP contribution in [-0.2, 0) is 7.05 Å². The lowest BCUT2D eigenvalue weighted by atomic mass is 10.2. The van der Waals surface area contributed by atoms with Gasteiger partial charge in [0, 0.05) is 25.4 Å². The Morgan fingerprint density at radius 3 is 2.67 bits per heavy atom. The standard InChI is InChI=1S/C10H18N4O/c1-4-8(5-2)11-10(15)12-9-6-7-14(3)13-9/h6-8H,4-5H2,1-3H3,(H2,11,12,13,15). The number of hydrogen-bond acceptors (Lipinski definition) is 2. The van der Waals surface area contributed by atoms with Crippen molar-refractivity contribution in [1.29, 1.82) is 0 Å². The minimum atomic E-state index is -0.192. The fourth-order valence-electron chi connectivity index (χ4n) is 1.31. The highest BCUT2D eigenvalue weighted by molar-refractivity contribution is 5.88. The van der Waals surface area contributed by atoms with Crippen molar-refractivity contribution in [3.05, 3.63) is 12.3 Å². The maximum atomic E-state index is 11.5. The average Bonchev–Trinajstić information content (AvgIpc) is 2.60. The van der Waals surface area contributed by atoms with Gasteiger partial charge in [0.15, 0.2) is 5.82 Å². The van der Waals surface area contributed by atoms with E-state index >= 15 is 0 Å². The molecule has 0 aliphatic rings. The Hall–Kier alpha value is -1.52. The summed E-state index contributed by atoms with van der Waals surface area (Å²) in [5.74, 6) is 0.570. The molecule has 15 heavy (non-hydrogen) atoms. The molecule has 0 atom stereocenters. The van der Waals surface area contributed by atoms with Crippen LogP contribution in [0, 0.1) is 0 Å². The second kappa shape index (κ2) is 5.38. The Bertz CT molecular complexity index is 317. The number of aromatic nitrogens is 2. The third-order valence-corrected chi connectivity index (χ3v) is 2.28. The Labute approximate surface area is 89.9 Å². The third kappa shape index (κ3) is 3.61. The summed E-state index contributed by atoms with van der Waals surface area (Å²) in [5.41, 5.74) is 0. The van der Waals surface area contributed by atoms with E-state index in [1.165, 1.54) is 0 Å². The van der Waals surface area contributed by atoms with E-state index in [1.807, 2.05) is 7.05 Å². The van der Waals surface area contributed by atoms with Gasteiger partial charge in [-0.05, 0) is 12.8 Å². The van der Waals surface area contributed by atoms with Crippen LogP contribution in [0.1, 0.15) is 26.7 Å². The number of carbonyl (C=O) groups is 1. The highest BCUT2D eigenvalue weighted by Crippen LogP contribution is 2.01. The Morgan fingerprint density at radius 1 is 1.53 bits per heavy atom. The first-order chi connectivity index (χ1) is 7.15. The third-order valence-electron chi connectivity index (χ3n) is 2.28. The molecule has 5 nitrogen and oxygen atoms in total. The number of nitrogens with one attached hydrogen (secondary N) is 2. The molecule has 0 saturated carbocycles. The zero-order valence-corrected chi connectivity index (χ0v) is 9.45. The maximum absolute atomic E-state index is 11.5. The molecule has 2 N–H and O–H groups in total. The summed E-state index contributed by atoms with van der Waals surface area (Å²) >= 11 is 0. The SMILES string of the molecule is CCC(CC)NC(=O)Nc1ccn(C)n1. The van der Waals surface area contributed by atoms with E-state index in [0.717, 1.165) is 12.8 Å². The molecule has 1 rings (SSSR count). The molecule has 0 fully saturated rings. The highest BCUT2D eigenvalue weighted by atomic mass is 16.2. The number of aryl methyl sites for hydroxylation is 1. The van der Waals surface area contributed by atoms with Gasteiger partial charge < -0.3 is 5.32 Å². The highest BCUT2D eigenvalue weighted by Gasteiger charge is 2.08. The van der Waals surface area contributed by atoms with Gasteiger partial charge in [-0.2, -0.15) is 5.10 Å². The van der Waals surface area contributed by atoms with Gasteiger partial charge in [0.1, 0.15) is 0 Å². The molecular weight excluding hydrogens is 192 g/mol. The first-order valence-electron chi connectivity index (χ1n) is 5.22. The normalized spacial score (nSPS) is 10.4. The summed E-state index contributed by atoms with van der Waals surface area (Å²) in [4.78, 5) is 11.5. The van der Waals surface area contributed by atoms with E-state index in [4.69, 9.17) is 0 Å². The Balaban J connectivity index is 2.42. The number of urea groups is 1. The molecule has 84 valence electrons. The Morgan fingerprint density at radius 2 is 2.20 bits per heavy atom. The summed E-state index contributed by atoms with van der Waals surface area (Å²) in [5, 5.41) is 9.61. The van der Waals surface area contributed by atoms with Gasteiger partial charge in [0.25, 0.3) is 0 Å². The molecule has 5 heteroatoms. The number of amides is 2. The van der Waals surface area contributed by atoms with Gasteiger partial charge >= 0.3 is 6.03 Å². The van der Waals surface area contributed by atoms with Crippen molar-refractivity contribution in [3.8, 4) is 0 Å². The minimum Gasteiger partial charge on any atom is -0.335 e. The van der Waals surface area contributed by atoms with Crippen LogP contribution in [0.4, 0.5) is 10.6 Å². The number of hydrogen-bond donors (Lipinski definition) is 2. The molecule has 0 spiro atoms. The van der Waals surface area contributed by atoms with Gasteiger partial charge in [-0.3, -0.25) is 10.00 Å².